The average molecular weight is 340 g/mol. The van der Waals surface area contributed by atoms with Crippen molar-refractivity contribution >= 4 is 5.91 Å². The summed E-state index contributed by atoms with van der Waals surface area (Å²) in [6.45, 7) is 1.95. The molecule has 3 nitrogen and oxygen atoms in total. The minimum absolute atomic E-state index is 0.0123. The van der Waals surface area contributed by atoms with E-state index in [1.54, 1.807) is 6.07 Å². The Hall–Kier alpha value is -1.56. The minimum Gasteiger partial charge on any atom is -0.355 e. The van der Waals surface area contributed by atoms with Crippen LogP contribution in [0.3, 0.4) is 0 Å². The third-order valence-corrected chi connectivity index (χ3v) is 5.40. The molecule has 2 fully saturated rings. The lowest BCUT2D eigenvalue weighted by Gasteiger charge is -2.31. The molecule has 1 aromatic rings. The molecule has 2 N–H and O–H groups in total. The molecule has 2 aliphatic rings. The molecule has 1 amide bonds. The zero-order valence-electron chi connectivity index (χ0n) is 13.6. The summed E-state index contributed by atoms with van der Waals surface area (Å²) in [5.41, 5.74) is -0.291. The largest absolute Gasteiger partial charge is 0.416 e. The second-order valence-electron chi connectivity index (χ2n) is 6.97. The molecule has 24 heavy (non-hydrogen) atoms. The summed E-state index contributed by atoms with van der Waals surface area (Å²) in [5, 5.41) is 6.16. The number of carbonyl (C=O) groups excluding carboxylic acids is 1. The molecule has 1 aromatic carbocycles. The highest BCUT2D eigenvalue weighted by atomic mass is 19.4. The highest BCUT2D eigenvalue weighted by Crippen LogP contribution is 2.42. The third kappa shape index (κ3) is 3.58. The molecule has 1 heterocycles. The second kappa shape index (κ2) is 6.75. The van der Waals surface area contributed by atoms with Gasteiger partial charge in [-0.05, 0) is 37.4 Å². The Morgan fingerprint density at radius 3 is 2.67 bits per heavy atom. The van der Waals surface area contributed by atoms with Gasteiger partial charge in [0.2, 0.25) is 5.91 Å². The van der Waals surface area contributed by atoms with E-state index >= 15 is 0 Å². The number of benzene rings is 1. The fourth-order valence-electron chi connectivity index (χ4n) is 3.92. The summed E-state index contributed by atoms with van der Waals surface area (Å²) >= 11 is 0. The molecule has 1 atom stereocenters. The van der Waals surface area contributed by atoms with E-state index in [4.69, 9.17) is 0 Å². The normalized spacial score (nSPS) is 23.4. The molecule has 0 aromatic heterocycles. The Kier molecular flexibility index (Phi) is 4.85. The standard InChI is InChI=1S/C18H23F3N2O/c19-18(20,21)15-5-3-4-14(10-15)17(7-1-2-8-17)12-23-16(24)13-6-9-22-11-13/h3-5,10,13,22H,1-2,6-9,11-12H2,(H,23,24). The first kappa shape index (κ1) is 17.3. The second-order valence-corrected chi connectivity index (χ2v) is 6.97. The van der Waals surface area contributed by atoms with Gasteiger partial charge in [0.1, 0.15) is 0 Å². The molecular formula is C18H23F3N2O. The van der Waals surface area contributed by atoms with Crippen molar-refractivity contribution in [2.75, 3.05) is 19.6 Å². The highest BCUT2D eigenvalue weighted by Gasteiger charge is 2.38. The Balaban J connectivity index is 1.77. The van der Waals surface area contributed by atoms with Gasteiger partial charge in [-0.1, -0.05) is 31.0 Å². The Bertz CT molecular complexity index is 588. The van der Waals surface area contributed by atoms with Gasteiger partial charge in [-0.25, -0.2) is 0 Å². The number of halogens is 3. The van der Waals surface area contributed by atoms with E-state index in [-0.39, 0.29) is 17.2 Å². The molecule has 0 radical (unpaired) electrons. The molecule has 6 heteroatoms. The number of rotatable bonds is 4. The van der Waals surface area contributed by atoms with E-state index in [0.29, 0.717) is 18.7 Å². The summed E-state index contributed by atoms with van der Waals surface area (Å²) in [4.78, 5) is 12.3. The molecular weight excluding hydrogens is 317 g/mol. The van der Waals surface area contributed by atoms with Crippen LogP contribution < -0.4 is 10.6 Å². The number of alkyl halides is 3. The van der Waals surface area contributed by atoms with Gasteiger partial charge in [-0.2, -0.15) is 13.2 Å². The lowest BCUT2D eigenvalue weighted by atomic mass is 9.78. The number of nitrogens with one attached hydrogen (secondary N) is 2. The number of hydrogen-bond acceptors (Lipinski definition) is 2. The maximum absolute atomic E-state index is 13.0. The zero-order valence-corrected chi connectivity index (χ0v) is 13.6. The molecule has 0 bridgehead atoms. The van der Waals surface area contributed by atoms with Crippen LogP contribution in [0.1, 0.15) is 43.2 Å². The van der Waals surface area contributed by atoms with Gasteiger partial charge in [-0.15, -0.1) is 0 Å². The van der Waals surface area contributed by atoms with Crippen LogP contribution in [-0.4, -0.2) is 25.5 Å². The fourth-order valence-corrected chi connectivity index (χ4v) is 3.92. The minimum atomic E-state index is -4.34. The Morgan fingerprint density at radius 2 is 2.04 bits per heavy atom. The predicted molar refractivity (Wildman–Crippen MR) is 85.6 cm³/mol. The van der Waals surface area contributed by atoms with Gasteiger partial charge in [0, 0.05) is 18.5 Å². The first-order chi connectivity index (χ1) is 11.4. The maximum Gasteiger partial charge on any atom is 0.416 e. The quantitative estimate of drug-likeness (QED) is 0.883. The molecule has 3 rings (SSSR count). The zero-order chi connectivity index (χ0) is 17.2. The van der Waals surface area contributed by atoms with Gasteiger partial charge in [0.25, 0.3) is 0 Å². The van der Waals surface area contributed by atoms with Crippen molar-refractivity contribution in [1.29, 1.82) is 0 Å². The van der Waals surface area contributed by atoms with E-state index in [2.05, 4.69) is 10.6 Å². The lowest BCUT2D eigenvalue weighted by molar-refractivity contribution is -0.137. The van der Waals surface area contributed by atoms with Gasteiger partial charge in [-0.3, -0.25) is 4.79 Å². The summed E-state index contributed by atoms with van der Waals surface area (Å²) in [7, 11) is 0. The Labute approximate surface area is 140 Å². The first-order valence-corrected chi connectivity index (χ1v) is 8.57. The molecule has 1 aliphatic carbocycles. The van der Waals surface area contributed by atoms with Crippen molar-refractivity contribution in [2.45, 2.75) is 43.7 Å². The monoisotopic (exact) mass is 340 g/mol. The van der Waals surface area contributed by atoms with Crippen LogP contribution in [0.25, 0.3) is 0 Å². The van der Waals surface area contributed by atoms with Gasteiger partial charge in [0.15, 0.2) is 0 Å². The van der Waals surface area contributed by atoms with Crippen molar-refractivity contribution in [3.05, 3.63) is 35.4 Å². The van der Waals surface area contributed by atoms with Gasteiger partial charge in [0.05, 0.1) is 11.5 Å². The summed E-state index contributed by atoms with van der Waals surface area (Å²) < 4.78 is 39.1. The van der Waals surface area contributed by atoms with Crippen LogP contribution in [0.5, 0.6) is 0 Å². The molecule has 0 spiro atoms. The van der Waals surface area contributed by atoms with E-state index in [1.807, 2.05) is 0 Å². The van der Waals surface area contributed by atoms with Crippen LogP contribution in [0, 0.1) is 5.92 Å². The van der Waals surface area contributed by atoms with Crippen LogP contribution in [-0.2, 0) is 16.4 Å². The van der Waals surface area contributed by atoms with E-state index in [0.717, 1.165) is 44.7 Å². The molecule has 132 valence electrons. The van der Waals surface area contributed by atoms with Gasteiger partial charge < -0.3 is 10.6 Å². The summed E-state index contributed by atoms with van der Waals surface area (Å²) in [6.07, 6.45) is 0.0835. The van der Waals surface area contributed by atoms with Crippen molar-refractivity contribution in [1.82, 2.24) is 10.6 Å². The Morgan fingerprint density at radius 1 is 1.29 bits per heavy atom. The smallest absolute Gasteiger partial charge is 0.355 e. The van der Waals surface area contributed by atoms with Crippen molar-refractivity contribution in [3.63, 3.8) is 0 Å². The number of hydrogen-bond donors (Lipinski definition) is 2. The van der Waals surface area contributed by atoms with Crippen LogP contribution in [0.15, 0.2) is 24.3 Å². The highest BCUT2D eigenvalue weighted by molar-refractivity contribution is 5.79. The number of amides is 1. The van der Waals surface area contributed by atoms with Crippen LogP contribution in [0.2, 0.25) is 0 Å². The van der Waals surface area contributed by atoms with Gasteiger partial charge >= 0.3 is 6.18 Å². The number of carbonyl (C=O) groups is 1. The summed E-state index contributed by atoms with van der Waals surface area (Å²) in [5.74, 6) is -0.0109. The van der Waals surface area contributed by atoms with E-state index in [1.165, 1.54) is 12.1 Å². The molecule has 1 saturated carbocycles. The van der Waals surface area contributed by atoms with Crippen molar-refractivity contribution in [2.24, 2.45) is 5.92 Å². The lowest BCUT2D eigenvalue weighted by Crippen LogP contribution is -2.42. The average Bonchev–Trinajstić information content (AvgIpc) is 3.24. The third-order valence-electron chi connectivity index (χ3n) is 5.40. The van der Waals surface area contributed by atoms with Crippen LogP contribution >= 0.6 is 0 Å². The van der Waals surface area contributed by atoms with Crippen molar-refractivity contribution < 1.29 is 18.0 Å². The van der Waals surface area contributed by atoms with Crippen LogP contribution in [0.4, 0.5) is 13.2 Å². The van der Waals surface area contributed by atoms with Crippen molar-refractivity contribution in [3.8, 4) is 0 Å². The molecule has 1 saturated heterocycles. The van der Waals surface area contributed by atoms with E-state index in [9.17, 15) is 18.0 Å². The van der Waals surface area contributed by atoms with E-state index < -0.39 is 11.7 Å². The first-order valence-electron chi connectivity index (χ1n) is 8.57. The predicted octanol–water partition coefficient (Wildman–Crippen LogP) is 3.24. The fraction of sp³-hybridized carbons (Fsp3) is 0.611. The molecule has 1 aliphatic heterocycles. The molecule has 1 unspecified atom stereocenters. The SMILES string of the molecule is O=C(NCC1(c2cccc(C(F)(F)F)c2)CCCC1)C1CCNC1. The maximum atomic E-state index is 13.0. The topological polar surface area (TPSA) is 41.1 Å². The summed E-state index contributed by atoms with van der Waals surface area (Å²) in [6, 6.07) is 5.61.